The number of aliphatic hydroxyl groups excluding tert-OH is 1. The molecule has 1 amide bonds. The van der Waals surface area contributed by atoms with Gasteiger partial charge in [0.15, 0.2) is 0 Å². The van der Waals surface area contributed by atoms with Crippen molar-refractivity contribution in [1.82, 2.24) is 10.2 Å². The van der Waals surface area contributed by atoms with Gasteiger partial charge < -0.3 is 15.2 Å². The first-order valence-corrected chi connectivity index (χ1v) is 6.86. The highest BCUT2D eigenvalue weighted by molar-refractivity contribution is 5.78. The van der Waals surface area contributed by atoms with Gasteiger partial charge in [0.1, 0.15) is 0 Å². The zero-order valence-corrected chi connectivity index (χ0v) is 11.5. The summed E-state index contributed by atoms with van der Waals surface area (Å²) in [7, 11) is 0. The van der Waals surface area contributed by atoms with Crippen LogP contribution in [0.25, 0.3) is 0 Å². The molecule has 1 rings (SSSR count). The van der Waals surface area contributed by atoms with Crippen molar-refractivity contribution in [2.75, 3.05) is 32.8 Å². The third-order valence-corrected chi connectivity index (χ3v) is 3.15. The third kappa shape index (κ3) is 5.80. The number of nitrogens with zero attached hydrogens (tertiary/aromatic N) is 1. The molecule has 0 saturated carbocycles. The van der Waals surface area contributed by atoms with E-state index in [2.05, 4.69) is 10.2 Å². The highest BCUT2D eigenvalue weighted by atomic mass is 16.5. The number of ether oxygens (including phenoxy) is 1. The molecule has 2 N–H and O–H groups in total. The fourth-order valence-corrected chi connectivity index (χ4v) is 2.17. The number of carbonyl (C=O) groups excluding carboxylic acids is 1. The summed E-state index contributed by atoms with van der Waals surface area (Å²) in [6, 6.07) is 0.167. The van der Waals surface area contributed by atoms with Gasteiger partial charge in [0, 0.05) is 19.2 Å². The SMILES string of the molecule is CC(C)OCCCNC(=O)CN1CCC[C@@H]1CO. The molecule has 0 aliphatic carbocycles. The lowest BCUT2D eigenvalue weighted by molar-refractivity contribution is -0.122. The highest BCUT2D eigenvalue weighted by Gasteiger charge is 2.25. The molecule has 1 atom stereocenters. The maximum absolute atomic E-state index is 11.7. The van der Waals surface area contributed by atoms with Crippen LogP contribution in [0.3, 0.4) is 0 Å². The molecule has 1 saturated heterocycles. The van der Waals surface area contributed by atoms with Gasteiger partial charge in [0.05, 0.1) is 19.3 Å². The van der Waals surface area contributed by atoms with Crippen LogP contribution >= 0.6 is 0 Å². The normalized spacial score (nSPS) is 20.6. The molecule has 18 heavy (non-hydrogen) atoms. The molecule has 0 aromatic heterocycles. The summed E-state index contributed by atoms with van der Waals surface area (Å²) in [4.78, 5) is 13.7. The van der Waals surface area contributed by atoms with Crippen LogP contribution in [0.4, 0.5) is 0 Å². The summed E-state index contributed by atoms with van der Waals surface area (Å²) >= 11 is 0. The van der Waals surface area contributed by atoms with Gasteiger partial charge in [-0.2, -0.15) is 0 Å². The molecule has 1 aliphatic heterocycles. The lowest BCUT2D eigenvalue weighted by Crippen LogP contribution is -2.41. The van der Waals surface area contributed by atoms with E-state index < -0.39 is 0 Å². The van der Waals surface area contributed by atoms with E-state index in [1.165, 1.54) is 0 Å². The van der Waals surface area contributed by atoms with Crippen molar-refractivity contribution in [3.8, 4) is 0 Å². The first-order chi connectivity index (χ1) is 8.63. The number of nitrogens with one attached hydrogen (secondary N) is 1. The molecular formula is C13H26N2O3. The number of rotatable bonds is 8. The van der Waals surface area contributed by atoms with Crippen LogP contribution < -0.4 is 5.32 Å². The van der Waals surface area contributed by atoms with Crippen LogP contribution in [-0.2, 0) is 9.53 Å². The molecule has 0 aromatic carbocycles. The lowest BCUT2D eigenvalue weighted by Gasteiger charge is -2.21. The fourth-order valence-electron chi connectivity index (χ4n) is 2.17. The summed E-state index contributed by atoms with van der Waals surface area (Å²) < 4.78 is 5.40. The van der Waals surface area contributed by atoms with Gasteiger partial charge in [0.25, 0.3) is 0 Å². The standard InChI is InChI=1S/C13H26N2O3/c1-11(2)18-8-4-6-14-13(17)9-15-7-3-5-12(15)10-16/h11-12,16H,3-10H2,1-2H3,(H,14,17)/t12-/m1/s1. The Hall–Kier alpha value is -0.650. The molecular weight excluding hydrogens is 232 g/mol. The van der Waals surface area contributed by atoms with Gasteiger partial charge in [-0.3, -0.25) is 9.69 Å². The van der Waals surface area contributed by atoms with Gasteiger partial charge >= 0.3 is 0 Å². The monoisotopic (exact) mass is 258 g/mol. The number of hydrogen-bond acceptors (Lipinski definition) is 4. The van der Waals surface area contributed by atoms with Crippen molar-refractivity contribution < 1.29 is 14.6 Å². The molecule has 1 aliphatic rings. The summed E-state index contributed by atoms with van der Waals surface area (Å²) in [6.45, 7) is 6.80. The second-order valence-electron chi connectivity index (χ2n) is 5.07. The molecule has 0 aromatic rings. The summed E-state index contributed by atoms with van der Waals surface area (Å²) in [5.41, 5.74) is 0. The van der Waals surface area contributed by atoms with Gasteiger partial charge in [-0.1, -0.05) is 0 Å². The maximum Gasteiger partial charge on any atom is 0.234 e. The average Bonchev–Trinajstić information content (AvgIpc) is 2.75. The van der Waals surface area contributed by atoms with E-state index in [1.54, 1.807) is 0 Å². The Kier molecular flexibility index (Phi) is 7.23. The van der Waals surface area contributed by atoms with Crippen LogP contribution in [0.2, 0.25) is 0 Å². The smallest absolute Gasteiger partial charge is 0.234 e. The number of likely N-dealkylation sites (tertiary alicyclic amines) is 1. The molecule has 0 bridgehead atoms. The third-order valence-electron chi connectivity index (χ3n) is 3.15. The van der Waals surface area contributed by atoms with Crippen LogP contribution in [0, 0.1) is 0 Å². The Morgan fingerprint density at radius 1 is 1.56 bits per heavy atom. The minimum absolute atomic E-state index is 0.0416. The Morgan fingerprint density at radius 3 is 3.00 bits per heavy atom. The summed E-state index contributed by atoms with van der Waals surface area (Å²) in [6.07, 6.45) is 3.15. The largest absolute Gasteiger partial charge is 0.395 e. The van der Waals surface area contributed by atoms with Crippen LogP contribution in [0.5, 0.6) is 0 Å². The molecule has 106 valence electrons. The summed E-state index contributed by atoms with van der Waals surface area (Å²) in [5, 5.41) is 12.0. The van der Waals surface area contributed by atoms with Crippen LogP contribution in [0.15, 0.2) is 0 Å². The first kappa shape index (κ1) is 15.4. The number of aliphatic hydroxyl groups is 1. The minimum Gasteiger partial charge on any atom is -0.395 e. The highest BCUT2D eigenvalue weighted by Crippen LogP contribution is 2.15. The lowest BCUT2D eigenvalue weighted by atomic mass is 10.2. The topological polar surface area (TPSA) is 61.8 Å². The van der Waals surface area contributed by atoms with Gasteiger partial charge in [-0.05, 0) is 39.7 Å². The van der Waals surface area contributed by atoms with Crippen LogP contribution in [0.1, 0.15) is 33.1 Å². The van der Waals surface area contributed by atoms with E-state index in [-0.39, 0.29) is 24.7 Å². The Labute approximate surface area is 109 Å². The first-order valence-electron chi connectivity index (χ1n) is 6.86. The average molecular weight is 258 g/mol. The predicted octanol–water partition coefficient (Wildman–Crippen LogP) is 0.374. The quantitative estimate of drug-likeness (QED) is 0.618. The molecule has 0 radical (unpaired) electrons. The molecule has 1 fully saturated rings. The zero-order valence-electron chi connectivity index (χ0n) is 11.5. The van der Waals surface area contributed by atoms with Crippen molar-refractivity contribution in [3.63, 3.8) is 0 Å². The molecule has 0 unspecified atom stereocenters. The van der Waals surface area contributed by atoms with E-state index >= 15 is 0 Å². The van der Waals surface area contributed by atoms with Crippen LogP contribution in [-0.4, -0.2) is 60.9 Å². The van der Waals surface area contributed by atoms with Crippen molar-refractivity contribution in [1.29, 1.82) is 0 Å². The Bertz CT molecular complexity index is 246. The zero-order chi connectivity index (χ0) is 13.4. The Balaban J connectivity index is 2.06. The minimum atomic E-state index is 0.0416. The molecule has 5 heteroatoms. The van der Waals surface area contributed by atoms with E-state index in [1.807, 2.05) is 13.8 Å². The molecule has 0 spiro atoms. The van der Waals surface area contributed by atoms with E-state index in [4.69, 9.17) is 9.84 Å². The fraction of sp³-hybridized carbons (Fsp3) is 0.923. The van der Waals surface area contributed by atoms with E-state index in [0.717, 1.165) is 25.8 Å². The summed E-state index contributed by atoms with van der Waals surface area (Å²) in [5.74, 6) is 0.0416. The molecule has 1 heterocycles. The number of carbonyl (C=O) groups is 1. The van der Waals surface area contributed by atoms with Crippen molar-refractivity contribution >= 4 is 5.91 Å². The second kappa shape index (κ2) is 8.45. The van der Waals surface area contributed by atoms with Gasteiger partial charge in [0.2, 0.25) is 5.91 Å². The second-order valence-corrected chi connectivity index (χ2v) is 5.07. The van der Waals surface area contributed by atoms with Gasteiger partial charge in [-0.25, -0.2) is 0 Å². The van der Waals surface area contributed by atoms with Gasteiger partial charge in [-0.15, -0.1) is 0 Å². The number of hydrogen-bond donors (Lipinski definition) is 2. The molecule has 5 nitrogen and oxygen atoms in total. The van der Waals surface area contributed by atoms with Crippen molar-refractivity contribution in [2.24, 2.45) is 0 Å². The number of amides is 1. The van der Waals surface area contributed by atoms with Crippen molar-refractivity contribution in [2.45, 2.75) is 45.3 Å². The van der Waals surface area contributed by atoms with E-state index in [9.17, 15) is 4.79 Å². The Morgan fingerprint density at radius 2 is 2.33 bits per heavy atom. The van der Waals surface area contributed by atoms with E-state index in [0.29, 0.717) is 19.7 Å². The predicted molar refractivity (Wildman–Crippen MR) is 70.4 cm³/mol. The van der Waals surface area contributed by atoms with Crippen molar-refractivity contribution in [3.05, 3.63) is 0 Å². The maximum atomic E-state index is 11.7.